The van der Waals surface area contributed by atoms with Gasteiger partial charge in [0, 0.05) is 44.3 Å². The summed E-state index contributed by atoms with van der Waals surface area (Å²) in [7, 11) is 0. The molecule has 1 aliphatic rings. The summed E-state index contributed by atoms with van der Waals surface area (Å²) in [4.78, 5) is 4.75. The smallest absolute Gasteiger partial charge is 0.159 e. The van der Waals surface area contributed by atoms with Crippen molar-refractivity contribution in [3.8, 4) is 11.1 Å². The predicted octanol–water partition coefficient (Wildman–Crippen LogP) is 21.4. The third kappa shape index (κ3) is 6.96. The molecule has 4 heteroatoms. The molecule has 2 heterocycles. The van der Waals surface area contributed by atoms with Gasteiger partial charge < -0.3 is 18.6 Å². The van der Waals surface area contributed by atoms with Crippen LogP contribution in [0, 0.1) is 0 Å². The van der Waals surface area contributed by atoms with E-state index in [4.69, 9.17) is 8.83 Å². The van der Waals surface area contributed by atoms with Gasteiger partial charge in [-0.1, -0.05) is 208 Å². The van der Waals surface area contributed by atoms with Gasteiger partial charge in [0.25, 0.3) is 0 Å². The number of hydrogen-bond donors (Lipinski definition) is 0. The fourth-order valence-corrected chi connectivity index (χ4v) is 13.9. The highest BCUT2D eigenvalue weighted by molar-refractivity contribution is 6.21. The van der Waals surface area contributed by atoms with E-state index in [0.717, 1.165) is 96.2 Å². The Hall–Kier alpha value is -10.2. The fourth-order valence-electron chi connectivity index (χ4n) is 13.9. The van der Waals surface area contributed by atoms with Crippen molar-refractivity contribution in [2.24, 2.45) is 0 Å². The molecule has 384 valence electrons. The highest BCUT2D eigenvalue weighted by Crippen LogP contribution is 2.61. The minimum atomic E-state index is -0.715. The van der Waals surface area contributed by atoms with Crippen LogP contribution in [-0.4, -0.2) is 0 Å². The highest BCUT2D eigenvalue weighted by Gasteiger charge is 2.48. The molecule has 16 rings (SSSR count). The van der Waals surface area contributed by atoms with E-state index in [0.29, 0.717) is 0 Å². The number of benzene rings is 13. The van der Waals surface area contributed by atoms with Crippen molar-refractivity contribution in [1.29, 1.82) is 0 Å². The van der Waals surface area contributed by atoms with E-state index in [1.807, 2.05) is 0 Å². The minimum Gasteiger partial charge on any atom is -0.454 e. The van der Waals surface area contributed by atoms with Crippen molar-refractivity contribution in [1.82, 2.24) is 0 Å². The standard InChI is InChI=1S/C77H54N2O2/c1-3-49-23-19-35-62-64-37-21-39-69(75(64)80-73(49)62)78(55-29-13-7-14-30-55)57-42-41-51-46-67-68(47-52(51)45-57)77(53-25-9-5-10-26-53,54-27-11-6-12-28-54)72-61-44-43-58(48-66(61)59-33-17-18-34-60(59)71(67)72)79(56-31-15-8-16-32-56)70-40-22-38-65-63-36-20-24-50(4-2)74(63)81-76(65)70/h5-48H,3-4H2,1-2H3. The SMILES string of the molecule is CCc1cccc2c1oc1c(N(c3ccccc3)c3ccc4cc5c(cc4c3)C(c3ccccc3)(c3ccccc3)c3c-5c4ccccc4c4cc(N(c5ccccc5)c5cccc6c5oc5c(CC)cccc56)ccc34)cccc12. The highest BCUT2D eigenvalue weighted by atomic mass is 16.3. The molecular weight excluding hydrogens is 985 g/mol. The molecule has 0 amide bonds. The summed E-state index contributed by atoms with van der Waals surface area (Å²) in [5.74, 6) is 0. The summed E-state index contributed by atoms with van der Waals surface area (Å²) in [5.41, 5.74) is 19.1. The average molecular weight is 1040 g/mol. The van der Waals surface area contributed by atoms with Gasteiger partial charge in [0.05, 0.1) is 16.8 Å². The first-order valence-electron chi connectivity index (χ1n) is 28.4. The molecule has 0 spiro atoms. The predicted molar refractivity (Wildman–Crippen MR) is 339 cm³/mol. The summed E-state index contributed by atoms with van der Waals surface area (Å²) in [6.45, 7) is 4.39. The topological polar surface area (TPSA) is 32.8 Å². The first-order valence-corrected chi connectivity index (χ1v) is 28.4. The number of furan rings is 2. The molecule has 2 aromatic heterocycles. The Balaban J connectivity index is 0.959. The summed E-state index contributed by atoms with van der Waals surface area (Å²) in [6.07, 6.45) is 1.78. The zero-order valence-corrected chi connectivity index (χ0v) is 45.0. The van der Waals surface area contributed by atoms with Crippen LogP contribution in [0.15, 0.2) is 276 Å². The number of fused-ring (bicyclic) bond motifs is 15. The molecule has 0 N–H and O–H groups in total. The monoisotopic (exact) mass is 1040 g/mol. The zero-order chi connectivity index (χ0) is 53.8. The van der Waals surface area contributed by atoms with Crippen molar-refractivity contribution in [2.45, 2.75) is 32.1 Å². The molecular formula is C77H54N2O2. The molecule has 81 heavy (non-hydrogen) atoms. The number of para-hydroxylation sites is 6. The van der Waals surface area contributed by atoms with Gasteiger partial charge in [-0.2, -0.15) is 0 Å². The molecule has 15 aromatic rings. The lowest BCUT2D eigenvalue weighted by atomic mass is 9.66. The molecule has 0 unspecified atom stereocenters. The van der Waals surface area contributed by atoms with Crippen molar-refractivity contribution in [3.05, 3.63) is 300 Å². The average Bonchev–Trinajstić information content (AvgIpc) is 4.33. The Morgan fingerprint density at radius 3 is 1.32 bits per heavy atom. The molecule has 0 radical (unpaired) electrons. The summed E-state index contributed by atoms with van der Waals surface area (Å²) >= 11 is 0. The normalized spacial score (nSPS) is 12.8. The number of anilines is 6. The third-order valence-corrected chi connectivity index (χ3v) is 17.4. The van der Waals surface area contributed by atoms with E-state index in [1.165, 1.54) is 71.4 Å². The Morgan fingerprint density at radius 2 is 0.778 bits per heavy atom. The number of hydrogen-bond acceptors (Lipinski definition) is 4. The van der Waals surface area contributed by atoms with Gasteiger partial charge >= 0.3 is 0 Å². The van der Waals surface area contributed by atoms with Gasteiger partial charge in [-0.15, -0.1) is 0 Å². The number of rotatable bonds is 10. The van der Waals surface area contributed by atoms with E-state index in [2.05, 4.69) is 291 Å². The van der Waals surface area contributed by atoms with Crippen LogP contribution in [0.25, 0.3) is 87.3 Å². The van der Waals surface area contributed by atoms with E-state index >= 15 is 0 Å². The molecule has 0 saturated carbocycles. The Labute approximate surface area is 470 Å². The number of aryl methyl sites for hydroxylation is 2. The number of nitrogens with zero attached hydrogens (tertiary/aromatic N) is 2. The molecule has 13 aromatic carbocycles. The summed E-state index contributed by atoms with van der Waals surface area (Å²) in [5, 5.41) is 11.7. The van der Waals surface area contributed by atoms with Crippen molar-refractivity contribution in [3.63, 3.8) is 0 Å². The van der Waals surface area contributed by atoms with Crippen LogP contribution in [-0.2, 0) is 18.3 Å². The van der Waals surface area contributed by atoms with Crippen LogP contribution in [0.1, 0.15) is 47.2 Å². The molecule has 4 nitrogen and oxygen atoms in total. The maximum atomic E-state index is 6.99. The van der Waals surface area contributed by atoms with Crippen molar-refractivity contribution >= 4 is 110 Å². The van der Waals surface area contributed by atoms with Gasteiger partial charge in [-0.05, 0) is 162 Å². The van der Waals surface area contributed by atoms with Crippen LogP contribution < -0.4 is 9.80 Å². The lowest BCUT2D eigenvalue weighted by Crippen LogP contribution is -2.29. The Morgan fingerprint density at radius 1 is 0.321 bits per heavy atom. The fraction of sp³-hybridized carbons (Fsp3) is 0.0649. The Bertz CT molecular complexity index is 4920. The zero-order valence-electron chi connectivity index (χ0n) is 45.0. The van der Waals surface area contributed by atoms with Crippen LogP contribution in [0.4, 0.5) is 34.1 Å². The second kappa shape index (κ2) is 18.5. The van der Waals surface area contributed by atoms with Crippen LogP contribution in [0.5, 0.6) is 0 Å². The van der Waals surface area contributed by atoms with Gasteiger partial charge in [0.15, 0.2) is 11.2 Å². The van der Waals surface area contributed by atoms with E-state index in [-0.39, 0.29) is 0 Å². The Kier molecular flexibility index (Phi) is 10.7. The maximum Gasteiger partial charge on any atom is 0.159 e. The van der Waals surface area contributed by atoms with Crippen LogP contribution >= 0.6 is 0 Å². The molecule has 0 atom stereocenters. The summed E-state index contributed by atoms with van der Waals surface area (Å²) in [6, 6.07) is 98.3. The van der Waals surface area contributed by atoms with Crippen molar-refractivity contribution in [2.75, 3.05) is 9.80 Å². The first kappa shape index (κ1) is 46.9. The van der Waals surface area contributed by atoms with Gasteiger partial charge in [0.1, 0.15) is 11.2 Å². The minimum absolute atomic E-state index is 0.715. The van der Waals surface area contributed by atoms with Gasteiger partial charge in [-0.25, -0.2) is 0 Å². The van der Waals surface area contributed by atoms with Crippen LogP contribution in [0.2, 0.25) is 0 Å². The molecule has 0 fully saturated rings. The van der Waals surface area contributed by atoms with Crippen molar-refractivity contribution < 1.29 is 8.83 Å². The van der Waals surface area contributed by atoms with Gasteiger partial charge in [-0.3, -0.25) is 0 Å². The van der Waals surface area contributed by atoms with E-state index < -0.39 is 5.41 Å². The molecule has 0 bridgehead atoms. The van der Waals surface area contributed by atoms with E-state index in [9.17, 15) is 0 Å². The maximum absolute atomic E-state index is 6.99. The first-order chi connectivity index (χ1) is 40.1. The molecule has 0 saturated heterocycles. The third-order valence-electron chi connectivity index (χ3n) is 17.4. The van der Waals surface area contributed by atoms with E-state index in [1.54, 1.807) is 0 Å². The summed E-state index contributed by atoms with van der Waals surface area (Å²) < 4.78 is 14.0. The second-order valence-corrected chi connectivity index (χ2v) is 21.6. The second-order valence-electron chi connectivity index (χ2n) is 21.6. The molecule has 0 aliphatic heterocycles. The quantitative estimate of drug-likeness (QED) is 0.128. The van der Waals surface area contributed by atoms with Gasteiger partial charge in [0.2, 0.25) is 0 Å². The lowest BCUT2D eigenvalue weighted by Gasteiger charge is -2.35. The largest absolute Gasteiger partial charge is 0.454 e. The molecule has 1 aliphatic carbocycles. The van der Waals surface area contributed by atoms with Crippen LogP contribution in [0.3, 0.4) is 0 Å². The lowest BCUT2D eigenvalue weighted by molar-refractivity contribution is 0.663.